The van der Waals surface area contributed by atoms with E-state index in [4.69, 9.17) is 9.47 Å². The van der Waals surface area contributed by atoms with Gasteiger partial charge in [-0.2, -0.15) is 0 Å². The molecule has 0 aliphatic carbocycles. The number of rotatable bonds is 9. The molecular formula is C25H25N3O6S. The van der Waals surface area contributed by atoms with Crippen molar-refractivity contribution in [2.45, 2.75) is 17.7 Å². The van der Waals surface area contributed by atoms with Crippen LogP contribution in [-0.2, 0) is 10.0 Å². The Morgan fingerprint density at radius 1 is 0.914 bits per heavy atom. The number of nitrogens with one attached hydrogen (secondary N) is 2. The Morgan fingerprint density at radius 2 is 1.63 bits per heavy atom. The van der Waals surface area contributed by atoms with Gasteiger partial charge in [-0.3, -0.25) is 9.52 Å². The maximum atomic E-state index is 12.7. The number of sulfonamides is 1. The molecule has 1 aliphatic heterocycles. The molecule has 0 aromatic heterocycles. The molecule has 0 saturated carbocycles. The molecule has 0 radical (unpaired) electrons. The minimum Gasteiger partial charge on any atom is -0.486 e. The van der Waals surface area contributed by atoms with Crippen LogP contribution in [0, 0.1) is 0 Å². The van der Waals surface area contributed by atoms with Gasteiger partial charge in [-0.1, -0.05) is 35.5 Å². The highest BCUT2D eigenvalue weighted by atomic mass is 32.2. The largest absolute Gasteiger partial charge is 0.486 e. The average Bonchev–Trinajstić information content (AvgIpc) is 2.89. The summed E-state index contributed by atoms with van der Waals surface area (Å²) in [5.41, 5.74) is 2.10. The smallest absolute Gasteiger partial charge is 0.262 e. The molecule has 35 heavy (non-hydrogen) atoms. The Morgan fingerprint density at radius 3 is 2.34 bits per heavy atom. The molecule has 0 fully saturated rings. The Bertz CT molecular complexity index is 1310. The van der Waals surface area contributed by atoms with E-state index in [1.54, 1.807) is 18.2 Å². The third kappa shape index (κ3) is 6.10. The number of carbonyl (C=O) groups excluding carboxylic acids is 1. The molecule has 1 heterocycles. The molecule has 0 spiro atoms. The maximum absolute atomic E-state index is 12.7. The number of oxime groups is 1. The van der Waals surface area contributed by atoms with Crippen molar-refractivity contribution in [2.75, 3.05) is 24.5 Å². The zero-order valence-electron chi connectivity index (χ0n) is 18.8. The molecule has 3 aromatic rings. The fourth-order valence-corrected chi connectivity index (χ4v) is 4.61. The van der Waals surface area contributed by atoms with Gasteiger partial charge < -0.3 is 20.0 Å². The van der Waals surface area contributed by atoms with E-state index >= 15 is 0 Å². The number of hydrogen-bond acceptors (Lipinski definition) is 7. The number of ether oxygens (including phenoxy) is 2. The molecule has 0 bridgehead atoms. The molecule has 3 N–H and O–H groups in total. The van der Waals surface area contributed by atoms with E-state index in [2.05, 4.69) is 15.2 Å². The number of hydrogen-bond donors (Lipinski definition) is 3. The molecule has 182 valence electrons. The number of amides is 1. The van der Waals surface area contributed by atoms with Crippen LogP contribution in [0.2, 0.25) is 0 Å². The normalized spacial score (nSPS) is 13.2. The van der Waals surface area contributed by atoms with Crippen LogP contribution in [0.25, 0.3) is 0 Å². The average molecular weight is 496 g/mol. The van der Waals surface area contributed by atoms with Crippen molar-refractivity contribution >= 4 is 27.3 Å². The summed E-state index contributed by atoms with van der Waals surface area (Å²) < 4.78 is 38.9. The molecule has 1 amide bonds. The van der Waals surface area contributed by atoms with E-state index in [1.165, 1.54) is 24.3 Å². The van der Waals surface area contributed by atoms with Gasteiger partial charge in [-0.25, -0.2) is 8.42 Å². The highest BCUT2D eigenvalue weighted by Gasteiger charge is 2.19. The number of anilines is 1. The zero-order valence-corrected chi connectivity index (χ0v) is 19.6. The van der Waals surface area contributed by atoms with Crippen LogP contribution in [0.3, 0.4) is 0 Å². The van der Waals surface area contributed by atoms with Gasteiger partial charge in [-0.05, 0) is 54.8 Å². The summed E-state index contributed by atoms with van der Waals surface area (Å²) >= 11 is 0. The number of carbonyl (C=O) groups is 1. The molecule has 9 nitrogen and oxygen atoms in total. The van der Waals surface area contributed by atoms with E-state index in [9.17, 15) is 18.4 Å². The fourth-order valence-electron chi connectivity index (χ4n) is 3.54. The van der Waals surface area contributed by atoms with Crippen LogP contribution in [-0.4, -0.2) is 45.0 Å². The van der Waals surface area contributed by atoms with Crippen LogP contribution in [0.1, 0.15) is 28.8 Å². The van der Waals surface area contributed by atoms with Crippen molar-refractivity contribution in [3.8, 4) is 11.5 Å². The summed E-state index contributed by atoms with van der Waals surface area (Å²) in [6, 6.07) is 19.9. The standard InChI is InChI=1S/C25H25N3O6S/c29-25(26-14-4-7-22(27-30)18-5-2-1-3-6-18)19-8-10-20(11-9-19)28-35(31,32)21-12-13-23-24(17-21)34-16-15-33-23/h1-3,5-6,8-13,17,28,30H,4,7,14-16H2,(H,26,29). The van der Waals surface area contributed by atoms with E-state index < -0.39 is 10.0 Å². The van der Waals surface area contributed by atoms with Crippen molar-refractivity contribution in [2.24, 2.45) is 5.16 Å². The summed E-state index contributed by atoms with van der Waals surface area (Å²) in [4.78, 5) is 12.5. The SMILES string of the molecule is O=C(NCCCC(=NO)c1ccccc1)c1ccc(NS(=O)(=O)c2ccc3c(c2)OCCO3)cc1. The monoisotopic (exact) mass is 495 g/mol. The Labute approximate surface area is 203 Å². The van der Waals surface area contributed by atoms with Crippen LogP contribution in [0.4, 0.5) is 5.69 Å². The van der Waals surface area contributed by atoms with Crippen LogP contribution in [0.5, 0.6) is 11.5 Å². The van der Waals surface area contributed by atoms with Gasteiger partial charge in [0.1, 0.15) is 13.2 Å². The lowest BCUT2D eigenvalue weighted by Crippen LogP contribution is -2.25. The van der Waals surface area contributed by atoms with E-state index in [1.807, 2.05) is 30.3 Å². The predicted octanol–water partition coefficient (Wildman–Crippen LogP) is 3.65. The summed E-state index contributed by atoms with van der Waals surface area (Å²) in [6.45, 7) is 1.17. The molecule has 10 heteroatoms. The second-order valence-corrected chi connectivity index (χ2v) is 9.44. The first-order valence-corrected chi connectivity index (χ1v) is 12.5. The summed E-state index contributed by atoms with van der Waals surface area (Å²) in [5, 5.41) is 15.4. The summed E-state index contributed by atoms with van der Waals surface area (Å²) in [7, 11) is -3.85. The van der Waals surface area contributed by atoms with Gasteiger partial charge in [0.25, 0.3) is 15.9 Å². The molecule has 0 unspecified atom stereocenters. The van der Waals surface area contributed by atoms with Crippen molar-refractivity contribution in [1.29, 1.82) is 0 Å². The molecule has 1 aliphatic rings. The van der Waals surface area contributed by atoms with Crippen LogP contribution >= 0.6 is 0 Å². The summed E-state index contributed by atoms with van der Waals surface area (Å²) in [5.74, 6) is 0.603. The zero-order chi connectivity index (χ0) is 24.7. The highest BCUT2D eigenvalue weighted by molar-refractivity contribution is 7.92. The minimum absolute atomic E-state index is 0.0462. The molecule has 0 saturated heterocycles. The third-order valence-electron chi connectivity index (χ3n) is 5.33. The Hall–Kier alpha value is -4.05. The van der Waals surface area contributed by atoms with E-state index in [-0.39, 0.29) is 10.8 Å². The predicted molar refractivity (Wildman–Crippen MR) is 131 cm³/mol. The minimum atomic E-state index is -3.85. The van der Waals surface area contributed by atoms with Gasteiger partial charge in [0, 0.05) is 23.9 Å². The molecule has 3 aromatic carbocycles. The molecule has 4 rings (SSSR count). The number of nitrogens with zero attached hydrogens (tertiary/aromatic N) is 1. The quantitative estimate of drug-likeness (QED) is 0.180. The fraction of sp³-hybridized carbons (Fsp3) is 0.200. The summed E-state index contributed by atoms with van der Waals surface area (Å²) in [6.07, 6.45) is 1.09. The third-order valence-corrected chi connectivity index (χ3v) is 6.71. The number of benzene rings is 3. The lowest BCUT2D eigenvalue weighted by Gasteiger charge is -2.19. The van der Waals surface area contributed by atoms with Gasteiger partial charge in [0.15, 0.2) is 11.5 Å². The van der Waals surface area contributed by atoms with Crippen molar-refractivity contribution < 1.29 is 27.9 Å². The maximum Gasteiger partial charge on any atom is 0.262 e. The first kappa shape index (κ1) is 24.1. The van der Waals surface area contributed by atoms with Crippen molar-refractivity contribution in [1.82, 2.24) is 5.32 Å². The second-order valence-electron chi connectivity index (χ2n) is 7.76. The van der Waals surface area contributed by atoms with E-state index in [0.29, 0.717) is 61.1 Å². The topological polar surface area (TPSA) is 126 Å². The lowest BCUT2D eigenvalue weighted by atomic mass is 10.1. The Kier molecular flexibility index (Phi) is 7.51. The van der Waals surface area contributed by atoms with Gasteiger partial charge in [0.2, 0.25) is 0 Å². The number of fused-ring (bicyclic) bond motifs is 1. The van der Waals surface area contributed by atoms with Gasteiger partial charge in [-0.15, -0.1) is 0 Å². The molecular weight excluding hydrogens is 470 g/mol. The van der Waals surface area contributed by atoms with E-state index in [0.717, 1.165) is 5.56 Å². The first-order valence-electron chi connectivity index (χ1n) is 11.0. The van der Waals surface area contributed by atoms with Crippen LogP contribution in [0.15, 0.2) is 82.8 Å². The second kappa shape index (κ2) is 10.9. The van der Waals surface area contributed by atoms with Gasteiger partial charge >= 0.3 is 0 Å². The first-order chi connectivity index (χ1) is 17.0. The Balaban J connectivity index is 1.30. The van der Waals surface area contributed by atoms with Gasteiger partial charge in [0.05, 0.1) is 10.6 Å². The van der Waals surface area contributed by atoms with Crippen LogP contribution < -0.4 is 19.5 Å². The molecule has 0 atom stereocenters. The van der Waals surface area contributed by atoms with Crippen molar-refractivity contribution in [3.63, 3.8) is 0 Å². The van der Waals surface area contributed by atoms with Crippen molar-refractivity contribution in [3.05, 3.63) is 83.9 Å². The highest BCUT2D eigenvalue weighted by Crippen LogP contribution is 2.32. The lowest BCUT2D eigenvalue weighted by molar-refractivity contribution is 0.0953.